The van der Waals surface area contributed by atoms with Crippen LogP contribution >= 0.6 is 0 Å². The molecule has 0 bridgehead atoms. The van der Waals surface area contributed by atoms with Crippen LogP contribution in [-0.2, 0) is 9.59 Å². The van der Waals surface area contributed by atoms with Crippen LogP contribution in [0.5, 0.6) is 0 Å². The Morgan fingerprint density at radius 2 is 2.05 bits per heavy atom. The van der Waals surface area contributed by atoms with Gasteiger partial charge in [0.15, 0.2) is 5.78 Å². The number of nitriles is 1. The van der Waals surface area contributed by atoms with E-state index < -0.39 is 5.41 Å². The minimum Gasteiger partial charge on any atom is -0.343 e. The molecule has 1 aliphatic heterocycles. The van der Waals surface area contributed by atoms with Gasteiger partial charge < -0.3 is 4.90 Å². The Bertz CT molecular complexity index is 527. The fraction of sp³-hybridized carbons (Fsp3) is 0.688. The van der Waals surface area contributed by atoms with E-state index in [1.54, 1.807) is 6.92 Å². The monoisotopic (exact) mass is 274 g/mol. The first-order chi connectivity index (χ1) is 9.22. The minimum absolute atomic E-state index is 0.0567. The molecule has 2 atom stereocenters. The summed E-state index contributed by atoms with van der Waals surface area (Å²) < 4.78 is 0. The molecule has 0 radical (unpaired) electrons. The highest BCUT2D eigenvalue weighted by Gasteiger charge is 2.51. The molecule has 1 saturated heterocycles. The number of hydrogen-bond donors (Lipinski definition) is 0. The molecule has 4 heteroatoms. The predicted octanol–water partition coefficient (Wildman–Crippen LogP) is 2.31. The molecule has 2 aliphatic rings. The van der Waals surface area contributed by atoms with Gasteiger partial charge >= 0.3 is 0 Å². The van der Waals surface area contributed by atoms with Crippen molar-refractivity contribution in [3.8, 4) is 6.07 Å². The number of rotatable bonds is 0. The number of hydrogen-bond acceptors (Lipinski definition) is 3. The molecule has 4 nitrogen and oxygen atoms in total. The summed E-state index contributed by atoms with van der Waals surface area (Å²) in [7, 11) is 0. The number of allylic oxidation sites excluding steroid dienone is 2. The van der Waals surface area contributed by atoms with Gasteiger partial charge in [0.25, 0.3) is 0 Å². The Balaban J connectivity index is 2.44. The van der Waals surface area contributed by atoms with Crippen LogP contribution in [0.4, 0.5) is 0 Å². The first-order valence-electron chi connectivity index (χ1n) is 7.15. The zero-order valence-corrected chi connectivity index (χ0v) is 12.7. The Labute approximate surface area is 120 Å². The van der Waals surface area contributed by atoms with Crippen LogP contribution in [0, 0.1) is 28.1 Å². The molecule has 0 aromatic rings. The number of carbonyl (C=O) groups excluding carboxylic acids is 2. The van der Waals surface area contributed by atoms with Gasteiger partial charge in [-0.15, -0.1) is 0 Å². The SMILES string of the molecule is CC(=O)N1CC[C@@H]2C(C)(C)C(=O)C(C#N)=C[C@@]2(C)CC1. The van der Waals surface area contributed by atoms with Crippen molar-refractivity contribution in [1.29, 1.82) is 5.26 Å². The summed E-state index contributed by atoms with van der Waals surface area (Å²) in [5.41, 5.74) is -0.446. The lowest BCUT2D eigenvalue weighted by molar-refractivity contribution is -0.129. The summed E-state index contributed by atoms with van der Waals surface area (Å²) in [4.78, 5) is 25.9. The third kappa shape index (κ3) is 2.15. The summed E-state index contributed by atoms with van der Waals surface area (Å²) in [5.74, 6) is 0.198. The van der Waals surface area contributed by atoms with E-state index in [4.69, 9.17) is 0 Å². The number of ketones is 1. The topological polar surface area (TPSA) is 61.2 Å². The zero-order chi connectivity index (χ0) is 15.1. The van der Waals surface area contributed by atoms with Crippen LogP contribution in [0.15, 0.2) is 11.6 Å². The number of fused-ring (bicyclic) bond motifs is 1. The van der Waals surface area contributed by atoms with E-state index in [2.05, 4.69) is 13.0 Å². The number of Topliss-reactive ketones (excluding diaryl/α,β-unsaturated/α-hetero) is 1. The molecule has 0 spiro atoms. The van der Waals surface area contributed by atoms with Crippen molar-refractivity contribution in [1.82, 2.24) is 4.90 Å². The van der Waals surface area contributed by atoms with E-state index in [0.717, 1.165) is 12.8 Å². The fourth-order valence-corrected chi connectivity index (χ4v) is 3.93. The molecule has 0 aromatic carbocycles. The molecule has 2 rings (SSSR count). The molecule has 1 heterocycles. The van der Waals surface area contributed by atoms with Crippen molar-refractivity contribution in [3.05, 3.63) is 11.6 Å². The van der Waals surface area contributed by atoms with E-state index in [1.807, 2.05) is 24.8 Å². The molecule has 1 aliphatic carbocycles. The lowest BCUT2D eigenvalue weighted by Crippen LogP contribution is -2.46. The van der Waals surface area contributed by atoms with Crippen molar-refractivity contribution in [2.75, 3.05) is 13.1 Å². The van der Waals surface area contributed by atoms with Crippen LogP contribution in [0.2, 0.25) is 0 Å². The second kappa shape index (κ2) is 4.73. The van der Waals surface area contributed by atoms with E-state index >= 15 is 0 Å². The van der Waals surface area contributed by atoms with Gasteiger partial charge in [-0.05, 0) is 24.2 Å². The molecule has 0 aromatic heterocycles. The maximum absolute atomic E-state index is 12.4. The first kappa shape index (κ1) is 14.8. The maximum atomic E-state index is 12.4. The van der Waals surface area contributed by atoms with Crippen LogP contribution in [0.25, 0.3) is 0 Å². The second-order valence-corrected chi connectivity index (χ2v) is 6.82. The Kier molecular flexibility index (Phi) is 3.49. The lowest BCUT2D eigenvalue weighted by Gasteiger charge is -2.46. The molecular formula is C16H22N2O2. The lowest BCUT2D eigenvalue weighted by atomic mass is 9.55. The van der Waals surface area contributed by atoms with Crippen molar-refractivity contribution < 1.29 is 9.59 Å². The highest BCUT2D eigenvalue weighted by Crippen LogP contribution is 2.52. The van der Waals surface area contributed by atoms with E-state index in [0.29, 0.717) is 13.1 Å². The molecule has 1 fully saturated rings. The molecule has 20 heavy (non-hydrogen) atoms. The predicted molar refractivity (Wildman–Crippen MR) is 75.6 cm³/mol. The van der Waals surface area contributed by atoms with Crippen LogP contribution in [0.1, 0.15) is 40.5 Å². The van der Waals surface area contributed by atoms with Crippen molar-refractivity contribution in [3.63, 3.8) is 0 Å². The molecule has 0 saturated carbocycles. The largest absolute Gasteiger partial charge is 0.343 e. The zero-order valence-electron chi connectivity index (χ0n) is 12.7. The molecular weight excluding hydrogens is 252 g/mol. The van der Waals surface area contributed by atoms with Crippen LogP contribution in [-0.4, -0.2) is 29.7 Å². The van der Waals surface area contributed by atoms with Crippen molar-refractivity contribution in [2.24, 2.45) is 16.7 Å². The van der Waals surface area contributed by atoms with Gasteiger partial charge in [-0.3, -0.25) is 9.59 Å². The van der Waals surface area contributed by atoms with E-state index in [9.17, 15) is 14.9 Å². The third-order valence-electron chi connectivity index (χ3n) is 5.14. The second-order valence-electron chi connectivity index (χ2n) is 6.82. The molecule has 0 unspecified atom stereocenters. The van der Waals surface area contributed by atoms with Crippen molar-refractivity contribution >= 4 is 11.7 Å². The Morgan fingerprint density at radius 1 is 1.40 bits per heavy atom. The number of likely N-dealkylation sites (tertiary alicyclic amines) is 1. The van der Waals surface area contributed by atoms with Gasteiger partial charge in [0.1, 0.15) is 6.07 Å². The molecule has 108 valence electrons. The summed E-state index contributed by atoms with van der Waals surface area (Å²) in [6.45, 7) is 8.97. The Hall–Kier alpha value is -1.63. The quantitative estimate of drug-likeness (QED) is 0.681. The standard InChI is InChI=1S/C16H22N2O2/c1-11(19)18-7-5-13-15(2,3)14(20)12(10-17)9-16(13,4)6-8-18/h9,13H,5-8H2,1-4H3/t13-,16-/m1/s1. The number of carbonyl (C=O) groups is 2. The maximum Gasteiger partial charge on any atom is 0.219 e. The first-order valence-corrected chi connectivity index (χ1v) is 7.15. The van der Waals surface area contributed by atoms with Crippen LogP contribution in [0.3, 0.4) is 0 Å². The van der Waals surface area contributed by atoms with Crippen LogP contribution < -0.4 is 0 Å². The number of amides is 1. The fourth-order valence-electron chi connectivity index (χ4n) is 3.93. The van der Waals surface area contributed by atoms with Gasteiger partial charge in [0.2, 0.25) is 5.91 Å². The highest BCUT2D eigenvalue weighted by atomic mass is 16.2. The molecule has 1 amide bonds. The minimum atomic E-state index is -0.540. The van der Waals surface area contributed by atoms with Gasteiger partial charge in [-0.2, -0.15) is 5.26 Å². The van der Waals surface area contributed by atoms with Gasteiger partial charge in [-0.25, -0.2) is 0 Å². The van der Waals surface area contributed by atoms with Gasteiger partial charge in [-0.1, -0.05) is 26.8 Å². The van der Waals surface area contributed by atoms with E-state index in [1.165, 1.54) is 0 Å². The van der Waals surface area contributed by atoms with Gasteiger partial charge in [0, 0.05) is 25.4 Å². The molecule has 0 N–H and O–H groups in total. The summed E-state index contributed by atoms with van der Waals surface area (Å²) in [6.07, 6.45) is 3.47. The summed E-state index contributed by atoms with van der Waals surface area (Å²) >= 11 is 0. The Morgan fingerprint density at radius 3 is 2.60 bits per heavy atom. The average Bonchev–Trinajstić information content (AvgIpc) is 2.54. The highest BCUT2D eigenvalue weighted by molar-refractivity contribution is 6.04. The smallest absolute Gasteiger partial charge is 0.219 e. The average molecular weight is 274 g/mol. The summed E-state index contributed by atoms with van der Waals surface area (Å²) in [6, 6.07) is 2.05. The number of nitrogens with zero attached hydrogens (tertiary/aromatic N) is 2. The normalized spacial score (nSPS) is 32.8. The van der Waals surface area contributed by atoms with Crippen molar-refractivity contribution in [2.45, 2.75) is 40.5 Å². The van der Waals surface area contributed by atoms with E-state index in [-0.39, 0.29) is 28.6 Å². The summed E-state index contributed by atoms with van der Waals surface area (Å²) in [5, 5.41) is 9.21. The van der Waals surface area contributed by atoms with Gasteiger partial charge in [0.05, 0.1) is 5.57 Å². The third-order valence-corrected chi connectivity index (χ3v) is 5.14.